The minimum absolute atomic E-state index is 0.0654. The Hall–Kier alpha value is -0.690. The highest BCUT2D eigenvalue weighted by Crippen LogP contribution is 2.36. The monoisotopic (exact) mass is 234 g/mol. The van der Waals surface area contributed by atoms with Gasteiger partial charge in [-0.2, -0.15) is 0 Å². The highest BCUT2D eigenvalue weighted by molar-refractivity contribution is 5.74. The van der Waals surface area contributed by atoms with E-state index in [2.05, 4.69) is 4.74 Å². The fourth-order valence-electron chi connectivity index (χ4n) is 1.50. The maximum absolute atomic E-state index is 11.3. The molecule has 0 aromatic carbocycles. The summed E-state index contributed by atoms with van der Waals surface area (Å²) in [6.45, 7) is 3.39. The molecule has 0 bridgehead atoms. The zero-order valence-corrected chi connectivity index (χ0v) is 10.2. The molecule has 1 rings (SSSR count). The number of ether oxygens (including phenoxy) is 5. The molecule has 1 heterocycles. The molecule has 0 radical (unpaired) electrons. The first kappa shape index (κ1) is 13.4. The Morgan fingerprint density at radius 2 is 1.75 bits per heavy atom. The fourth-order valence-corrected chi connectivity index (χ4v) is 1.50. The fraction of sp³-hybridized carbons (Fsp3) is 0.900. The number of hydrogen-bond donors (Lipinski definition) is 0. The van der Waals surface area contributed by atoms with Crippen molar-refractivity contribution in [2.45, 2.75) is 31.5 Å². The van der Waals surface area contributed by atoms with Crippen LogP contribution in [0.2, 0.25) is 0 Å². The van der Waals surface area contributed by atoms with Gasteiger partial charge in [0.15, 0.2) is 6.10 Å². The molecule has 0 spiro atoms. The summed E-state index contributed by atoms with van der Waals surface area (Å²) in [5.74, 6) is -2.73. The number of carbonyl (C=O) groups is 1. The zero-order chi connectivity index (χ0) is 12.4. The second-order valence-corrected chi connectivity index (χ2v) is 3.74. The lowest BCUT2D eigenvalue weighted by Gasteiger charge is -2.48. The predicted octanol–water partition coefficient (Wildman–Crippen LogP) is 0.300. The van der Waals surface area contributed by atoms with Gasteiger partial charge < -0.3 is 23.7 Å². The largest absolute Gasteiger partial charge is 0.467 e. The lowest BCUT2D eigenvalue weighted by atomic mass is 10.1. The molecular weight excluding hydrogens is 216 g/mol. The van der Waals surface area contributed by atoms with Crippen LogP contribution in [0.5, 0.6) is 0 Å². The smallest absolute Gasteiger partial charge is 0.337 e. The van der Waals surface area contributed by atoms with Crippen LogP contribution in [0.15, 0.2) is 0 Å². The first-order valence-electron chi connectivity index (χ1n) is 4.92. The van der Waals surface area contributed by atoms with Crippen molar-refractivity contribution >= 4 is 5.97 Å². The first-order valence-corrected chi connectivity index (χ1v) is 4.92. The van der Waals surface area contributed by atoms with Gasteiger partial charge in [-0.05, 0) is 13.8 Å². The third kappa shape index (κ3) is 2.06. The van der Waals surface area contributed by atoms with Crippen molar-refractivity contribution in [3.05, 3.63) is 0 Å². The third-order valence-electron chi connectivity index (χ3n) is 2.95. The molecule has 0 saturated carbocycles. The van der Waals surface area contributed by atoms with Crippen LogP contribution in [0.3, 0.4) is 0 Å². The molecule has 0 aliphatic carbocycles. The predicted molar refractivity (Wildman–Crippen MR) is 53.7 cm³/mol. The molecule has 3 atom stereocenters. The van der Waals surface area contributed by atoms with Gasteiger partial charge in [0.25, 0.3) is 0 Å². The maximum atomic E-state index is 11.3. The summed E-state index contributed by atoms with van der Waals surface area (Å²) in [7, 11) is 4.24. The van der Waals surface area contributed by atoms with E-state index in [1.54, 1.807) is 13.8 Å². The molecule has 6 nitrogen and oxygen atoms in total. The van der Waals surface area contributed by atoms with Crippen molar-refractivity contribution in [3.63, 3.8) is 0 Å². The Bertz CT molecular complexity index is 268. The minimum Gasteiger partial charge on any atom is -0.467 e. The summed E-state index contributed by atoms with van der Waals surface area (Å²) in [5, 5.41) is 0. The standard InChI is InChI=1S/C10H18O6/c1-9(13-4)10(2,14-5)16-7(6-15-9)8(11)12-3/h7H,6H2,1-5H3/t7-,9-,10-/m1/s1. The molecule has 0 N–H and O–H groups in total. The molecular formula is C10H18O6. The molecule has 1 aliphatic heterocycles. The summed E-state index contributed by atoms with van der Waals surface area (Å²) in [6.07, 6.45) is -0.807. The first-order chi connectivity index (χ1) is 7.42. The molecule has 1 saturated heterocycles. The second-order valence-electron chi connectivity index (χ2n) is 3.74. The topological polar surface area (TPSA) is 63.2 Å². The number of esters is 1. The van der Waals surface area contributed by atoms with Gasteiger partial charge in [-0.3, -0.25) is 0 Å². The van der Waals surface area contributed by atoms with Crippen LogP contribution in [0.25, 0.3) is 0 Å². The molecule has 0 amide bonds. The van der Waals surface area contributed by atoms with Gasteiger partial charge in [-0.1, -0.05) is 0 Å². The Balaban J connectivity index is 2.86. The van der Waals surface area contributed by atoms with Crippen molar-refractivity contribution < 1.29 is 28.5 Å². The van der Waals surface area contributed by atoms with Crippen LogP contribution >= 0.6 is 0 Å². The van der Waals surface area contributed by atoms with E-state index in [4.69, 9.17) is 18.9 Å². The van der Waals surface area contributed by atoms with E-state index in [1.807, 2.05) is 0 Å². The normalized spacial score (nSPS) is 39.4. The highest BCUT2D eigenvalue weighted by atomic mass is 16.8. The minimum atomic E-state index is -1.17. The van der Waals surface area contributed by atoms with Gasteiger partial charge in [-0.25, -0.2) is 4.79 Å². The molecule has 0 aromatic heterocycles. The van der Waals surface area contributed by atoms with E-state index in [-0.39, 0.29) is 6.61 Å². The second kappa shape index (κ2) is 4.67. The van der Waals surface area contributed by atoms with E-state index >= 15 is 0 Å². The summed E-state index contributed by atoms with van der Waals surface area (Å²) in [4.78, 5) is 11.3. The lowest BCUT2D eigenvalue weighted by molar-refractivity contribution is -0.427. The van der Waals surface area contributed by atoms with Gasteiger partial charge in [0.05, 0.1) is 13.7 Å². The molecule has 0 aromatic rings. The van der Waals surface area contributed by atoms with Crippen LogP contribution in [-0.2, 0) is 28.5 Å². The molecule has 1 aliphatic rings. The Morgan fingerprint density at radius 3 is 2.19 bits per heavy atom. The van der Waals surface area contributed by atoms with Gasteiger partial charge in [-0.15, -0.1) is 0 Å². The van der Waals surface area contributed by atoms with E-state index in [1.165, 1.54) is 21.3 Å². The molecule has 16 heavy (non-hydrogen) atoms. The number of hydrogen-bond acceptors (Lipinski definition) is 6. The Morgan fingerprint density at radius 1 is 1.19 bits per heavy atom. The van der Waals surface area contributed by atoms with Gasteiger partial charge in [0.2, 0.25) is 11.6 Å². The van der Waals surface area contributed by atoms with Crippen molar-refractivity contribution in [3.8, 4) is 0 Å². The van der Waals surface area contributed by atoms with E-state index in [9.17, 15) is 4.79 Å². The van der Waals surface area contributed by atoms with Crippen LogP contribution in [0.4, 0.5) is 0 Å². The lowest BCUT2D eigenvalue weighted by Crippen LogP contribution is -2.63. The van der Waals surface area contributed by atoms with Crippen molar-refractivity contribution in [2.75, 3.05) is 27.9 Å². The van der Waals surface area contributed by atoms with Crippen LogP contribution in [0.1, 0.15) is 13.8 Å². The van der Waals surface area contributed by atoms with Crippen LogP contribution in [-0.4, -0.2) is 51.6 Å². The summed E-state index contributed by atoms with van der Waals surface area (Å²) in [6, 6.07) is 0. The zero-order valence-electron chi connectivity index (χ0n) is 10.2. The van der Waals surface area contributed by atoms with Crippen molar-refractivity contribution in [1.82, 2.24) is 0 Å². The summed E-state index contributed by atoms with van der Waals surface area (Å²) in [5.41, 5.74) is 0. The van der Waals surface area contributed by atoms with Crippen LogP contribution in [0, 0.1) is 0 Å². The quantitative estimate of drug-likeness (QED) is 0.654. The highest BCUT2D eigenvalue weighted by Gasteiger charge is 2.54. The van der Waals surface area contributed by atoms with Gasteiger partial charge in [0.1, 0.15) is 0 Å². The molecule has 0 unspecified atom stereocenters. The third-order valence-corrected chi connectivity index (χ3v) is 2.95. The number of carbonyl (C=O) groups excluding carboxylic acids is 1. The Labute approximate surface area is 94.7 Å². The Kier molecular flexibility index (Phi) is 3.90. The average Bonchev–Trinajstić information content (AvgIpc) is 2.31. The maximum Gasteiger partial charge on any atom is 0.337 e. The average molecular weight is 234 g/mol. The van der Waals surface area contributed by atoms with E-state index in [0.29, 0.717) is 0 Å². The van der Waals surface area contributed by atoms with Gasteiger partial charge >= 0.3 is 5.97 Å². The van der Waals surface area contributed by atoms with Crippen molar-refractivity contribution in [2.24, 2.45) is 0 Å². The van der Waals surface area contributed by atoms with E-state index in [0.717, 1.165) is 0 Å². The molecule has 1 fully saturated rings. The molecule has 6 heteroatoms. The van der Waals surface area contributed by atoms with E-state index < -0.39 is 23.6 Å². The number of methoxy groups -OCH3 is 3. The number of rotatable bonds is 3. The summed E-state index contributed by atoms with van der Waals surface area (Å²) >= 11 is 0. The van der Waals surface area contributed by atoms with Gasteiger partial charge in [0, 0.05) is 14.2 Å². The van der Waals surface area contributed by atoms with Crippen LogP contribution < -0.4 is 0 Å². The summed E-state index contributed by atoms with van der Waals surface area (Å²) < 4.78 is 26.1. The molecule has 94 valence electrons. The van der Waals surface area contributed by atoms with Crippen molar-refractivity contribution in [1.29, 1.82) is 0 Å². The SMILES string of the molecule is COC(=O)[C@H]1CO[C@@](C)(OC)[C@](C)(OC)O1.